The third kappa shape index (κ3) is 3.63. The predicted molar refractivity (Wildman–Crippen MR) is 86.6 cm³/mol. The number of phenolic OH excluding ortho intramolecular Hbond substituents is 1. The van der Waals surface area contributed by atoms with Crippen molar-refractivity contribution in [3.63, 3.8) is 0 Å². The van der Waals surface area contributed by atoms with E-state index in [1.165, 1.54) is 11.1 Å². The highest BCUT2D eigenvalue weighted by Crippen LogP contribution is 2.31. The summed E-state index contributed by atoms with van der Waals surface area (Å²) >= 11 is 0. The summed E-state index contributed by atoms with van der Waals surface area (Å²) in [5.74, 6) is -0.00508. The molecule has 0 aromatic heterocycles. The lowest BCUT2D eigenvalue weighted by molar-refractivity contribution is 0.112. The number of carbonyl (C=O) groups excluding carboxylic acids is 1. The molecule has 2 rings (SSSR count). The normalized spacial score (nSPS) is 10.4. The standard InChI is InChI=1S/C18H21NO2/c1-3-4-6-14-11-13(2)9-10-16(14)19-17-8-5-7-15(12-20)18(17)21/h5,7-12,19,21H,3-4,6H2,1-2H3. The van der Waals surface area contributed by atoms with Gasteiger partial charge in [0.1, 0.15) is 5.75 Å². The molecule has 0 radical (unpaired) electrons. The number of hydrogen-bond donors (Lipinski definition) is 2. The third-order valence-corrected chi connectivity index (χ3v) is 3.52. The maximum absolute atomic E-state index is 10.9. The van der Waals surface area contributed by atoms with Crippen molar-refractivity contribution < 1.29 is 9.90 Å². The van der Waals surface area contributed by atoms with Crippen molar-refractivity contribution >= 4 is 17.7 Å². The van der Waals surface area contributed by atoms with E-state index < -0.39 is 0 Å². The van der Waals surface area contributed by atoms with Crippen molar-refractivity contribution in [3.05, 3.63) is 53.1 Å². The molecular weight excluding hydrogens is 262 g/mol. The van der Waals surface area contributed by atoms with Crippen molar-refractivity contribution in [2.24, 2.45) is 0 Å². The van der Waals surface area contributed by atoms with Gasteiger partial charge in [0.25, 0.3) is 0 Å². The van der Waals surface area contributed by atoms with Gasteiger partial charge in [-0.1, -0.05) is 37.1 Å². The zero-order chi connectivity index (χ0) is 15.2. The van der Waals surface area contributed by atoms with E-state index in [4.69, 9.17) is 0 Å². The van der Waals surface area contributed by atoms with Crippen LogP contribution in [0.3, 0.4) is 0 Å². The Balaban J connectivity index is 2.33. The lowest BCUT2D eigenvalue weighted by Gasteiger charge is -2.14. The average molecular weight is 283 g/mol. The molecule has 3 heteroatoms. The van der Waals surface area contributed by atoms with Gasteiger partial charge in [-0.25, -0.2) is 0 Å². The molecule has 0 aliphatic carbocycles. The molecule has 0 amide bonds. The first-order valence-corrected chi connectivity index (χ1v) is 7.29. The SMILES string of the molecule is CCCCc1cc(C)ccc1Nc1cccc(C=O)c1O. The van der Waals surface area contributed by atoms with Crippen molar-refractivity contribution in [1.29, 1.82) is 0 Å². The van der Waals surface area contributed by atoms with Crippen LogP contribution in [0.1, 0.15) is 41.3 Å². The summed E-state index contributed by atoms with van der Waals surface area (Å²) in [4.78, 5) is 10.9. The molecule has 2 aromatic rings. The molecule has 2 N–H and O–H groups in total. The number of rotatable bonds is 6. The topological polar surface area (TPSA) is 49.3 Å². The van der Waals surface area contributed by atoms with Crippen LogP contribution in [-0.4, -0.2) is 11.4 Å². The summed E-state index contributed by atoms with van der Waals surface area (Å²) in [6, 6.07) is 11.3. The Hall–Kier alpha value is -2.29. The molecular formula is C18H21NO2. The molecule has 2 aromatic carbocycles. The number of phenols is 1. The number of aryl methyl sites for hydroxylation is 2. The van der Waals surface area contributed by atoms with Crippen LogP contribution in [0, 0.1) is 6.92 Å². The first-order chi connectivity index (χ1) is 10.2. The number of benzene rings is 2. The minimum atomic E-state index is -0.00508. The monoisotopic (exact) mass is 283 g/mol. The number of nitrogens with one attached hydrogen (secondary N) is 1. The lowest BCUT2D eigenvalue weighted by Crippen LogP contribution is -1.98. The van der Waals surface area contributed by atoms with Crippen molar-refractivity contribution in [1.82, 2.24) is 0 Å². The van der Waals surface area contributed by atoms with Crippen LogP contribution in [-0.2, 0) is 6.42 Å². The molecule has 0 bridgehead atoms. The fraction of sp³-hybridized carbons (Fsp3) is 0.278. The van der Waals surface area contributed by atoms with E-state index in [1.807, 2.05) is 12.1 Å². The molecule has 0 aliphatic rings. The Morgan fingerprint density at radius 2 is 2.00 bits per heavy atom. The Kier molecular flexibility index (Phi) is 4.99. The van der Waals surface area contributed by atoms with Crippen molar-refractivity contribution in [2.45, 2.75) is 33.1 Å². The second-order valence-corrected chi connectivity index (χ2v) is 5.25. The zero-order valence-electron chi connectivity index (χ0n) is 12.5. The Morgan fingerprint density at radius 3 is 2.71 bits per heavy atom. The molecule has 0 heterocycles. The van der Waals surface area contributed by atoms with Crippen LogP contribution in [0.2, 0.25) is 0 Å². The summed E-state index contributed by atoms with van der Waals surface area (Å²) < 4.78 is 0. The highest BCUT2D eigenvalue weighted by atomic mass is 16.3. The second-order valence-electron chi connectivity index (χ2n) is 5.25. The number of anilines is 2. The average Bonchev–Trinajstić information content (AvgIpc) is 2.49. The van der Waals surface area contributed by atoms with E-state index in [0.29, 0.717) is 17.5 Å². The minimum absolute atomic E-state index is 0.00508. The van der Waals surface area contributed by atoms with E-state index >= 15 is 0 Å². The van der Waals surface area contributed by atoms with Gasteiger partial charge in [0.15, 0.2) is 6.29 Å². The summed E-state index contributed by atoms with van der Waals surface area (Å²) in [6.45, 7) is 4.24. The van der Waals surface area contributed by atoms with E-state index in [0.717, 1.165) is 24.9 Å². The van der Waals surface area contributed by atoms with Gasteiger partial charge in [-0.05, 0) is 43.5 Å². The van der Waals surface area contributed by atoms with E-state index in [9.17, 15) is 9.90 Å². The summed E-state index contributed by atoms with van der Waals surface area (Å²) in [6.07, 6.45) is 3.92. The number of aromatic hydroxyl groups is 1. The molecule has 0 saturated heterocycles. The zero-order valence-corrected chi connectivity index (χ0v) is 12.5. The largest absolute Gasteiger partial charge is 0.505 e. The number of unbranched alkanes of at least 4 members (excludes halogenated alkanes) is 1. The Morgan fingerprint density at radius 1 is 1.19 bits per heavy atom. The lowest BCUT2D eigenvalue weighted by atomic mass is 10.0. The molecule has 0 saturated carbocycles. The Labute approximate surface area is 125 Å². The summed E-state index contributed by atoms with van der Waals surface area (Å²) in [5.41, 5.74) is 4.28. The first-order valence-electron chi connectivity index (χ1n) is 7.29. The maximum Gasteiger partial charge on any atom is 0.153 e. The highest BCUT2D eigenvalue weighted by molar-refractivity contribution is 5.84. The molecule has 0 spiro atoms. The second kappa shape index (κ2) is 6.93. The van der Waals surface area contributed by atoms with E-state index in [-0.39, 0.29) is 5.75 Å². The van der Waals surface area contributed by atoms with Gasteiger partial charge in [-0.3, -0.25) is 4.79 Å². The smallest absolute Gasteiger partial charge is 0.153 e. The fourth-order valence-corrected chi connectivity index (χ4v) is 2.32. The number of aldehydes is 1. The minimum Gasteiger partial charge on any atom is -0.505 e. The predicted octanol–water partition coefficient (Wildman–Crippen LogP) is 4.60. The van der Waals surface area contributed by atoms with Gasteiger partial charge in [-0.2, -0.15) is 0 Å². The van der Waals surface area contributed by atoms with Crippen LogP contribution >= 0.6 is 0 Å². The van der Waals surface area contributed by atoms with Crippen LogP contribution < -0.4 is 5.32 Å². The summed E-state index contributed by atoms with van der Waals surface area (Å²) in [5, 5.41) is 13.3. The van der Waals surface area contributed by atoms with Crippen LogP contribution in [0.15, 0.2) is 36.4 Å². The van der Waals surface area contributed by atoms with Crippen LogP contribution in [0.5, 0.6) is 5.75 Å². The number of carbonyl (C=O) groups is 1. The third-order valence-electron chi connectivity index (χ3n) is 3.52. The van der Waals surface area contributed by atoms with Crippen molar-refractivity contribution in [3.8, 4) is 5.75 Å². The van der Waals surface area contributed by atoms with E-state index in [2.05, 4.69) is 25.2 Å². The summed E-state index contributed by atoms with van der Waals surface area (Å²) in [7, 11) is 0. The van der Waals surface area contributed by atoms with Gasteiger partial charge in [-0.15, -0.1) is 0 Å². The maximum atomic E-state index is 10.9. The van der Waals surface area contributed by atoms with E-state index in [1.54, 1.807) is 18.2 Å². The quantitative estimate of drug-likeness (QED) is 0.601. The molecule has 0 unspecified atom stereocenters. The molecule has 0 aliphatic heterocycles. The number of para-hydroxylation sites is 1. The molecule has 3 nitrogen and oxygen atoms in total. The van der Waals surface area contributed by atoms with Gasteiger partial charge in [0.2, 0.25) is 0 Å². The van der Waals surface area contributed by atoms with Crippen LogP contribution in [0.25, 0.3) is 0 Å². The molecule has 21 heavy (non-hydrogen) atoms. The Bertz CT molecular complexity index is 635. The van der Waals surface area contributed by atoms with Crippen molar-refractivity contribution in [2.75, 3.05) is 5.32 Å². The first kappa shape index (κ1) is 15.1. The molecule has 110 valence electrons. The van der Waals surface area contributed by atoms with Crippen LogP contribution in [0.4, 0.5) is 11.4 Å². The van der Waals surface area contributed by atoms with Gasteiger partial charge in [0.05, 0.1) is 11.3 Å². The molecule has 0 atom stereocenters. The number of hydrogen-bond acceptors (Lipinski definition) is 3. The highest BCUT2D eigenvalue weighted by Gasteiger charge is 2.09. The van der Waals surface area contributed by atoms with Gasteiger partial charge >= 0.3 is 0 Å². The van der Waals surface area contributed by atoms with Gasteiger partial charge < -0.3 is 10.4 Å². The molecule has 0 fully saturated rings. The van der Waals surface area contributed by atoms with Gasteiger partial charge in [0, 0.05) is 5.69 Å². The fourth-order valence-electron chi connectivity index (χ4n) is 2.32.